The minimum Gasteiger partial charge on any atom is -0.361 e. The Morgan fingerprint density at radius 2 is 1.82 bits per heavy atom. The molecule has 1 saturated heterocycles. The summed E-state index contributed by atoms with van der Waals surface area (Å²) in [4.78, 5) is 7.27. The van der Waals surface area contributed by atoms with Crippen LogP contribution in [0.4, 0.5) is 0 Å². The molecule has 124 valence electrons. The maximum absolute atomic E-state index is 4.69. The molecule has 0 atom stereocenters. The summed E-state index contributed by atoms with van der Waals surface area (Å²) in [6, 6.07) is 8.58. The number of nitrogens with one attached hydrogen (secondary N) is 1. The summed E-state index contributed by atoms with van der Waals surface area (Å²) in [6.45, 7) is 5.59. The van der Waals surface area contributed by atoms with Gasteiger partial charge in [-0.1, -0.05) is 36.0 Å². The Hall–Kier alpha value is -0.420. The zero-order valence-corrected chi connectivity index (χ0v) is 15.2. The first kappa shape index (κ1) is 19.6. The van der Waals surface area contributed by atoms with Gasteiger partial charge in [0.05, 0.1) is 6.54 Å². The molecule has 1 fully saturated rings. The van der Waals surface area contributed by atoms with E-state index in [9.17, 15) is 0 Å². The van der Waals surface area contributed by atoms with E-state index in [1.807, 2.05) is 11.8 Å². The Bertz CT molecular complexity index is 476. The fourth-order valence-corrected chi connectivity index (χ4v) is 3.62. The molecular weight excluding hydrogens is 337 g/mol. The number of rotatable bonds is 4. The number of amidine groups is 1. The van der Waals surface area contributed by atoms with Crippen molar-refractivity contribution in [3.63, 3.8) is 0 Å². The number of hydrogen-bond acceptors (Lipinski definition) is 4. The monoisotopic (exact) mass is 361 g/mol. The zero-order valence-electron chi connectivity index (χ0n) is 12.8. The molecule has 1 aromatic rings. The van der Waals surface area contributed by atoms with Crippen LogP contribution in [0.25, 0.3) is 0 Å². The number of aliphatic imine (C=N–C) groups is 1. The van der Waals surface area contributed by atoms with Crippen molar-refractivity contribution in [2.75, 3.05) is 25.4 Å². The highest BCUT2D eigenvalue weighted by molar-refractivity contribution is 8.13. The van der Waals surface area contributed by atoms with Crippen molar-refractivity contribution in [2.45, 2.75) is 32.4 Å². The number of likely N-dealkylation sites (tertiary alicyclic amines) is 1. The van der Waals surface area contributed by atoms with Crippen molar-refractivity contribution < 1.29 is 0 Å². The predicted molar refractivity (Wildman–Crippen MR) is 102 cm³/mol. The van der Waals surface area contributed by atoms with Gasteiger partial charge in [-0.15, -0.1) is 24.8 Å². The second-order valence-corrected chi connectivity index (χ2v) is 6.58. The standard InChI is InChI=1S/C16H23N3S.2ClH/c1-2-7-15-13-18-16(17-12-14(15)6-1)20-11-5-10-19-8-3-4-9-19;;/h1-2,6-7H,3-5,8-13H2,(H,17,18);2*1H. The summed E-state index contributed by atoms with van der Waals surface area (Å²) in [5, 5.41) is 4.58. The Morgan fingerprint density at radius 1 is 1.09 bits per heavy atom. The van der Waals surface area contributed by atoms with Gasteiger partial charge in [0.25, 0.3) is 0 Å². The Kier molecular flexibility index (Phi) is 9.25. The van der Waals surface area contributed by atoms with Gasteiger partial charge in [-0.25, -0.2) is 0 Å². The van der Waals surface area contributed by atoms with Crippen molar-refractivity contribution in [1.82, 2.24) is 10.2 Å². The molecule has 3 rings (SSSR count). The lowest BCUT2D eigenvalue weighted by atomic mass is 10.1. The zero-order chi connectivity index (χ0) is 13.6. The lowest BCUT2D eigenvalue weighted by Crippen LogP contribution is -2.22. The number of halogens is 2. The largest absolute Gasteiger partial charge is 0.361 e. The van der Waals surface area contributed by atoms with E-state index in [1.165, 1.54) is 55.8 Å². The van der Waals surface area contributed by atoms with Crippen molar-refractivity contribution in [3.8, 4) is 0 Å². The van der Waals surface area contributed by atoms with E-state index in [2.05, 4.69) is 39.5 Å². The molecule has 0 spiro atoms. The molecule has 1 N–H and O–H groups in total. The molecule has 0 saturated carbocycles. The van der Waals surface area contributed by atoms with Gasteiger partial charge < -0.3 is 10.2 Å². The van der Waals surface area contributed by atoms with Crippen LogP contribution in [0.3, 0.4) is 0 Å². The van der Waals surface area contributed by atoms with Gasteiger partial charge in [-0.2, -0.15) is 0 Å². The van der Waals surface area contributed by atoms with Gasteiger partial charge in [0, 0.05) is 12.3 Å². The predicted octanol–water partition coefficient (Wildman–Crippen LogP) is 3.71. The summed E-state index contributed by atoms with van der Waals surface area (Å²) < 4.78 is 0. The second kappa shape index (κ2) is 10.4. The molecular formula is C16H25Cl2N3S. The number of hydrogen-bond donors (Lipinski definition) is 1. The van der Waals surface area contributed by atoms with Crippen LogP contribution in [0.15, 0.2) is 29.3 Å². The fraction of sp³-hybridized carbons (Fsp3) is 0.562. The van der Waals surface area contributed by atoms with Crippen molar-refractivity contribution >= 4 is 41.7 Å². The van der Waals surface area contributed by atoms with E-state index in [4.69, 9.17) is 0 Å². The smallest absolute Gasteiger partial charge is 0.157 e. The maximum Gasteiger partial charge on any atom is 0.157 e. The summed E-state index contributed by atoms with van der Waals surface area (Å²) in [7, 11) is 0. The molecule has 6 heteroatoms. The highest BCUT2D eigenvalue weighted by Crippen LogP contribution is 2.16. The first-order valence-electron chi connectivity index (χ1n) is 7.62. The topological polar surface area (TPSA) is 27.6 Å². The first-order chi connectivity index (χ1) is 9.92. The van der Waals surface area contributed by atoms with Gasteiger partial charge in [-0.05, 0) is 50.0 Å². The third-order valence-corrected chi connectivity index (χ3v) is 5.04. The number of benzene rings is 1. The summed E-state index contributed by atoms with van der Waals surface area (Å²) in [5.41, 5.74) is 2.73. The first-order valence-corrected chi connectivity index (χ1v) is 8.60. The van der Waals surface area contributed by atoms with Gasteiger partial charge in [0.1, 0.15) is 0 Å². The highest BCUT2D eigenvalue weighted by Gasteiger charge is 2.12. The molecule has 0 bridgehead atoms. The van der Waals surface area contributed by atoms with Crippen LogP contribution >= 0.6 is 36.6 Å². The van der Waals surface area contributed by atoms with Gasteiger partial charge >= 0.3 is 0 Å². The molecule has 2 aliphatic heterocycles. The molecule has 0 unspecified atom stereocenters. The number of nitrogens with zero attached hydrogens (tertiary/aromatic N) is 2. The SMILES string of the molecule is Cl.Cl.c1ccc2c(c1)CN=C(SCCCN1CCCC1)NC2. The molecule has 3 nitrogen and oxygen atoms in total. The van der Waals surface area contributed by atoms with Crippen molar-refractivity contribution in [2.24, 2.45) is 4.99 Å². The lowest BCUT2D eigenvalue weighted by molar-refractivity contribution is 0.341. The summed E-state index contributed by atoms with van der Waals surface area (Å²) >= 11 is 1.88. The van der Waals surface area contributed by atoms with E-state index in [1.54, 1.807) is 0 Å². The van der Waals surface area contributed by atoms with Crippen LogP contribution in [0.5, 0.6) is 0 Å². The minimum atomic E-state index is 0. The fourth-order valence-electron chi connectivity index (χ4n) is 2.83. The molecule has 22 heavy (non-hydrogen) atoms. The third-order valence-electron chi connectivity index (χ3n) is 4.00. The Morgan fingerprint density at radius 3 is 2.59 bits per heavy atom. The maximum atomic E-state index is 4.69. The molecule has 1 aromatic carbocycles. The van der Waals surface area contributed by atoms with Crippen LogP contribution in [0.1, 0.15) is 30.4 Å². The number of thioether (sulfide) groups is 1. The molecule has 2 heterocycles. The van der Waals surface area contributed by atoms with Crippen LogP contribution in [-0.4, -0.2) is 35.5 Å². The molecule has 0 aliphatic carbocycles. The third kappa shape index (κ3) is 5.65. The molecule has 0 radical (unpaired) electrons. The van der Waals surface area contributed by atoms with Crippen molar-refractivity contribution in [1.29, 1.82) is 0 Å². The quantitative estimate of drug-likeness (QED) is 0.828. The highest BCUT2D eigenvalue weighted by atomic mass is 35.5. The van der Waals surface area contributed by atoms with Crippen LogP contribution < -0.4 is 5.32 Å². The lowest BCUT2D eigenvalue weighted by Gasteiger charge is -2.14. The molecule has 0 aromatic heterocycles. The Labute approximate surface area is 150 Å². The van der Waals surface area contributed by atoms with E-state index in [0.29, 0.717) is 0 Å². The van der Waals surface area contributed by atoms with Crippen molar-refractivity contribution in [3.05, 3.63) is 35.4 Å². The van der Waals surface area contributed by atoms with Gasteiger partial charge in [-0.3, -0.25) is 4.99 Å². The molecule has 2 aliphatic rings. The van der Waals surface area contributed by atoms with Crippen LogP contribution in [0.2, 0.25) is 0 Å². The summed E-state index contributed by atoms with van der Waals surface area (Å²) in [6.07, 6.45) is 4.04. The van der Waals surface area contributed by atoms with Crippen LogP contribution in [0, 0.1) is 0 Å². The van der Waals surface area contributed by atoms with E-state index >= 15 is 0 Å². The van der Waals surface area contributed by atoms with Crippen LogP contribution in [-0.2, 0) is 13.1 Å². The van der Waals surface area contributed by atoms with Gasteiger partial charge in [0.15, 0.2) is 5.17 Å². The average molecular weight is 362 g/mol. The average Bonchev–Trinajstić information content (AvgIpc) is 2.91. The molecule has 0 amide bonds. The van der Waals surface area contributed by atoms with E-state index < -0.39 is 0 Å². The number of fused-ring (bicyclic) bond motifs is 1. The van der Waals surface area contributed by atoms with E-state index in [0.717, 1.165) is 18.3 Å². The normalized spacial score (nSPS) is 17.4. The Balaban J connectivity index is 0.00000121. The summed E-state index contributed by atoms with van der Waals surface area (Å²) in [5.74, 6) is 1.17. The second-order valence-electron chi connectivity index (χ2n) is 5.49. The minimum absolute atomic E-state index is 0. The van der Waals surface area contributed by atoms with Gasteiger partial charge in [0.2, 0.25) is 0 Å². The van der Waals surface area contributed by atoms with E-state index in [-0.39, 0.29) is 24.8 Å².